The number of benzene rings is 1. The molecule has 1 N–H and O–H groups in total. The van der Waals surface area contributed by atoms with Crippen molar-refractivity contribution in [3.05, 3.63) is 40.0 Å². The van der Waals surface area contributed by atoms with Gasteiger partial charge in [0.15, 0.2) is 0 Å². The van der Waals surface area contributed by atoms with Crippen molar-refractivity contribution in [2.45, 2.75) is 20.8 Å². The fourth-order valence-electron chi connectivity index (χ4n) is 2.25. The average molecular weight is 334 g/mol. The van der Waals surface area contributed by atoms with Crippen molar-refractivity contribution in [3.63, 3.8) is 0 Å². The molecule has 1 aromatic carbocycles. The summed E-state index contributed by atoms with van der Waals surface area (Å²) < 4.78 is 5.45. The number of hydrogen-bond acceptors (Lipinski definition) is 5. The van der Waals surface area contributed by atoms with Gasteiger partial charge in [-0.2, -0.15) is 4.98 Å². The summed E-state index contributed by atoms with van der Waals surface area (Å²) in [6, 6.07) is 7.78. The van der Waals surface area contributed by atoms with Crippen molar-refractivity contribution < 1.29 is 4.74 Å². The molecular formula is C16H16ClN3OS. The van der Waals surface area contributed by atoms with Gasteiger partial charge in [0.2, 0.25) is 5.28 Å². The Labute approximate surface area is 138 Å². The minimum absolute atomic E-state index is 0.252. The second kappa shape index (κ2) is 6.10. The van der Waals surface area contributed by atoms with Crippen molar-refractivity contribution >= 4 is 44.7 Å². The maximum Gasteiger partial charge on any atom is 0.225 e. The smallest absolute Gasteiger partial charge is 0.225 e. The van der Waals surface area contributed by atoms with Crippen LogP contribution >= 0.6 is 22.9 Å². The summed E-state index contributed by atoms with van der Waals surface area (Å²) in [6.07, 6.45) is 0. The molecule has 114 valence electrons. The van der Waals surface area contributed by atoms with Gasteiger partial charge in [0.05, 0.1) is 12.0 Å². The van der Waals surface area contributed by atoms with Crippen molar-refractivity contribution in [2.75, 3.05) is 11.9 Å². The Bertz CT molecular complexity index is 814. The third-order valence-corrected chi connectivity index (χ3v) is 4.70. The summed E-state index contributed by atoms with van der Waals surface area (Å²) in [5, 5.41) is 4.61. The Hall–Kier alpha value is -1.85. The minimum Gasteiger partial charge on any atom is -0.494 e. The number of thiophene rings is 1. The first kappa shape index (κ1) is 15.1. The first-order valence-corrected chi connectivity index (χ1v) is 8.21. The Morgan fingerprint density at radius 2 is 1.91 bits per heavy atom. The second-order valence-electron chi connectivity index (χ2n) is 4.89. The van der Waals surface area contributed by atoms with Gasteiger partial charge < -0.3 is 10.1 Å². The molecule has 2 heterocycles. The second-order valence-corrected chi connectivity index (χ2v) is 6.43. The number of ether oxygens (including phenoxy) is 1. The third-order valence-electron chi connectivity index (χ3n) is 3.43. The molecule has 0 fully saturated rings. The Morgan fingerprint density at radius 1 is 1.18 bits per heavy atom. The maximum absolute atomic E-state index is 6.04. The highest BCUT2D eigenvalue weighted by Crippen LogP contribution is 2.35. The van der Waals surface area contributed by atoms with Crippen LogP contribution in [0.2, 0.25) is 5.28 Å². The Morgan fingerprint density at radius 3 is 2.59 bits per heavy atom. The molecule has 0 aliphatic carbocycles. The predicted octanol–water partition coefficient (Wildman–Crippen LogP) is 5.10. The van der Waals surface area contributed by atoms with Crippen molar-refractivity contribution in [1.29, 1.82) is 0 Å². The van der Waals surface area contributed by atoms with Crippen LogP contribution in [0.5, 0.6) is 5.75 Å². The summed E-state index contributed by atoms with van der Waals surface area (Å²) in [5.41, 5.74) is 2.12. The first-order chi connectivity index (χ1) is 10.6. The van der Waals surface area contributed by atoms with Crippen molar-refractivity contribution in [2.24, 2.45) is 0 Å². The molecular weight excluding hydrogens is 318 g/mol. The van der Waals surface area contributed by atoms with E-state index in [2.05, 4.69) is 29.1 Å². The number of fused-ring (bicyclic) bond motifs is 1. The van der Waals surface area contributed by atoms with Gasteiger partial charge >= 0.3 is 0 Å². The summed E-state index contributed by atoms with van der Waals surface area (Å²) in [7, 11) is 0. The van der Waals surface area contributed by atoms with Gasteiger partial charge in [0.25, 0.3) is 0 Å². The topological polar surface area (TPSA) is 47.0 Å². The van der Waals surface area contributed by atoms with Gasteiger partial charge in [-0.05, 0) is 62.2 Å². The van der Waals surface area contributed by atoms with E-state index >= 15 is 0 Å². The van der Waals surface area contributed by atoms with Gasteiger partial charge in [-0.15, -0.1) is 11.3 Å². The van der Waals surface area contributed by atoms with Gasteiger partial charge in [0, 0.05) is 10.6 Å². The van der Waals surface area contributed by atoms with Crippen LogP contribution in [0.1, 0.15) is 17.4 Å². The number of aryl methyl sites for hydroxylation is 2. The zero-order chi connectivity index (χ0) is 15.7. The molecule has 0 atom stereocenters. The molecule has 0 unspecified atom stereocenters. The van der Waals surface area contributed by atoms with Crippen molar-refractivity contribution in [3.8, 4) is 5.75 Å². The van der Waals surface area contributed by atoms with Gasteiger partial charge in [-0.25, -0.2) is 4.98 Å². The number of anilines is 2. The van der Waals surface area contributed by atoms with E-state index in [0.717, 1.165) is 27.5 Å². The lowest BCUT2D eigenvalue weighted by atomic mass is 10.2. The van der Waals surface area contributed by atoms with Gasteiger partial charge in [-0.1, -0.05) is 0 Å². The number of aromatic nitrogens is 2. The first-order valence-electron chi connectivity index (χ1n) is 7.01. The summed E-state index contributed by atoms with van der Waals surface area (Å²) in [5.74, 6) is 1.59. The lowest BCUT2D eigenvalue weighted by Crippen LogP contribution is -1.97. The molecule has 0 bridgehead atoms. The van der Waals surface area contributed by atoms with Crippen LogP contribution < -0.4 is 10.1 Å². The van der Waals surface area contributed by atoms with Crippen LogP contribution in [0.3, 0.4) is 0 Å². The standard InChI is InChI=1S/C16H16ClN3OS/c1-4-21-12-7-5-11(6-8-12)18-14-13-9(2)10(3)22-15(13)20-16(17)19-14/h5-8H,4H2,1-3H3,(H,18,19,20). The normalized spacial score (nSPS) is 10.9. The number of halogens is 1. The average Bonchev–Trinajstić information content (AvgIpc) is 2.76. The van der Waals surface area contributed by atoms with Crippen LogP contribution in [0.15, 0.2) is 24.3 Å². The fourth-order valence-corrected chi connectivity index (χ4v) is 3.50. The molecule has 0 aliphatic rings. The van der Waals surface area contributed by atoms with Crippen LogP contribution in [-0.2, 0) is 0 Å². The quantitative estimate of drug-likeness (QED) is 0.674. The number of nitrogens with one attached hydrogen (secondary N) is 1. The maximum atomic E-state index is 6.04. The van der Waals surface area contributed by atoms with Crippen LogP contribution in [-0.4, -0.2) is 16.6 Å². The zero-order valence-electron chi connectivity index (χ0n) is 12.6. The van der Waals surface area contributed by atoms with E-state index in [1.54, 1.807) is 11.3 Å². The number of nitrogens with zero attached hydrogens (tertiary/aromatic N) is 2. The molecule has 0 spiro atoms. The van der Waals surface area contributed by atoms with E-state index in [1.807, 2.05) is 31.2 Å². The largest absolute Gasteiger partial charge is 0.494 e. The number of hydrogen-bond donors (Lipinski definition) is 1. The monoisotopic (exact) mass is 333 g/mol. The SMILES string of the molecule is CCOc1ccc(Nc2nc(Cl)nc3sc(C)c(C)c23)cc1. The van der Waals surface area contributed by atoms with E-state index in [9.17, 15) is 0 Å². The van der Waals surface area contributed by atoms with Gasteiger partial charge in [-0.3, -0.25) is 0 Å². The van der Waals surface area contributed by atoms with Crippen molar-refractivity contribution in [1.82, 2.24) is 9.97 Å². The van der Waals surface area contributed by atoms with E-state index in [0.29, 0.717) is 6.61 Å². The molecule has 0 saturated heterocycles. The molecule has 0 aliphatic heterocycles. The molecule has 0 saturated carbocycles. The molecule has 0 radical (unpaired) electrons. The van der Waals surface area contributed by atoms with E-state index in [1.165, 1.54) is 10.4 Å². The molecule has 4 nitrogen and oxygen atoms in total. The lowest BCUT2D eigenvalue weighted by molar-refractivity contribution is 0.340. The van der Waals surface area contributed by atoms with Gasteiger partial charge in [0.1, 0.15) is 16.4 Å². The Kier molecular flexibility index (Phi) is 4.18. The fraction of sp³-hybridized carbons (Fsp3) is 0.250. The predicted molar refractivity (Wildman–Crippen MR) is 92.8 cm³/mol. The highest BCUT2D eigenvalue weighted by Gasteiger charge is 2.14. The number of rotatable bonds is 4. The van der Waals surface area contributed by atoms with Crippen LogP contribution in [0.25, 0.3) is 10.2 Å². The lowest BCUT2D eigenvalue weighted by Gasteiger charge is -2.09. The van der Waals surface area contributed by atoms with Crippen LogP contribution in [0.4, 0.5) is 11.5 Å². The molecule has 6 heteroatoms. The highest BCUT2D eigenvalue weighted by atomic mass is 35.5. The molecule has 22 heavy (non-hydrogen) atoms. The highest BCUT2D eigenvalue weighted by molar-refractivity contribution is 7.18. The summed E-state index contributed by atoms with van der Waals surface area (Å²) >= 11 is 7.67. The van der Waals surface area contributed by atoms with Crippen LogP contribution in [0, 0.1) is 13.8 Å². The third kappa shape index (κ3) is 2.87. The molecule has 0 amide bonds. The molecule has 3 rings (SSSR count). The summed E-state index contributed by atoms with van der Waals surface area (Å²) in [4.78, 5) is 10.8. The van der Waals surface area contributed by atoms with E-state index < -0.39 is 0 Å². The minimum atomic E-state index is 0.252. The molecule has 3 aromatic rings. The Balaban J connectivity index is 1.99. The van der Waals surface area contributed by atoms with E-state index in [4.69, 9.17) is 16.3 Å². The summed E-state index contributed by atoms with van der Waals surface area (Å²) in [6.45, 7) is 6.78. The molecule has 2 aromatic heterocycles. The van der Waals surface area contributed by atoms with E-state index in [-0.39, 0.29) is 5.28 Å². The zero-order valence-corrected chi connectivity index (χ0v) is 14.2.